The first kappa shape index (κ1) is 22.9. The van der Waals surface area contributed by atoms with E-state index in [0.29, 0.717) is 5.16 Å². The fourth-order valence-electron chi connectivity index (χ4n) is 2.94. The number of para-hydroxylation sites is 1. The molecule has 0 bridgehead atoms. The van der Waals surface area contributed by atoms with Gasteiger partial charge in [0.25, 0.3) is 0 Å². The van der Waals surface area contributed by atoms with Gasteiger partial charge in [-0.15, -0.1) is 5.10 Å². The molecule has 0 radical (unpaired) electrons. The predicted molar refractivity (Wildman–Crippen MR) is 112 cm³/mol. The lowest BCUT2D eigenvalue weighted by atomic mass is 10.0. The summed E-state index contributed by atoms with van der Waals surface area (Å²) >= 11 is 1.14. The minimum atomic E-state index is -1.44. The van der Waals surface area contributed by atoms with Crippen molar-refractivity contribution in [1.82, 2.24) is 25.5 Å². The molecule has 0 atom stereocenters. The fraction of sp³-hybridized carbons (Fsp3) is 0.250. The van der Waals surface area contributed by atoms with Gasteiger partial charge in [-0.1, -0.05) is 30.0 Å². The molecule has 12 heteroatoms. The molecule has 0 fully saturated rings. The minimum absolute atomic E-state index is 0.00344. The molecule has 2 aromatic carbocycles. The number of aromatic nitrogens is 4. The monoisotopic (exact) mass is 458 g/mol. The van der Waals surface area contributed by atoms with Crippen LogP contribution in [0.25, 0.3) is 5.69 Å². The maximum atomic E-state index is 12.4. The van der Waals surface area contributed by atoms with Gasteiger partial charge in [0.05, 0.1) is 38.7 Å². The van der Waals surface area contributed by atoms with E-state index in [1.165, 1.54) is 32.1 Å². The SMILES string of the molecule is COc1cc(C(=O)[O-])c(CNC(=O)CSc2nnnn2-c2ccccc2)c(OC)c1OC. The van der Waals surface area contributed by atoms with Gasteiger partial charge in [-0.3, -0.25) is 4.79 Å². The lowest BCUT2D eigenvalue weighted by Crippen LogP contribution is -2.29. The normalized spacial score (nSPS) is 10.5. The van der Waals surface area contributed by atoms with Crippen LogP contribution < -0.4 is 24.6 Å². The number of nitrogens with zero attached hydrogens (tertiary/aromatic N) is 4. The minimum Gasteiger partial charge on any atom is -0.545 e. The van der Waals surface area contributed by atoms with Crippen LogP contribution in [0.2, 0.25) is 0 Å². The van der Waals surface area contributed by atoms with E-state index in [4.69, 9.17) is 14.2 Å². The van der Waals surface area contributed by atoms with Crippen molar-refractivity contribution in [3.63, 3.8) is 0 Å². The Kier molecular flexibility index (Phi) is 7.49. The van der Waals surface area contributed by atoms with E-state index in [0.717, 1.165) is 17.4 Å². The van der Waals surface area contributed by atoms with Gasteiger partial charge in [-0.2, -0.15) is 4.68 Å². The second kappa shape index (κ2) is 10.5. The van der Waals surface area contributed by atoms with Crippen LogP contribution in [-0.2, 0) is 11.3 Å². The van der Waals surface area contributed by atoms with E-state index in [-0.39, 0.29) is 46.6 Å². The zero-order valence-electron chi connectivity index (χ0n) is 17.5. The summed E-state index contributed by atoms with van der Waals surface area (Å²) in [5, 5.41) is 26.3. The van der Waals surface area contributed by atoms with Gasteiger partial charge < -0.3 is 29.4 Å². The van der Waals surface area contributed by atoms with Crippen molar-refractivity contribution in [2.75, 3.05) is 27.1 Å². The number of ether oxygens (including phenoxy) is 3. The first-order valence-corrected chi connectivity index (χ1v) is 10.2. The third-order valence-electron chi connectivity index (χ3n) is 4.39. The fourth-order valence-corrected chi connectivity index (χ4v) is 3.66. The summed E-state index contributed by atoms with van der Waals surface area (Å²) < 4.78 is 17.3. The quantitative estimate of drug-likeness (QED) is 0.426. The third-order valence-corrected chi connectivity index (χ3v) is 5.31. The van der Waals surface area contributed by atoms with Gasteiger partial charge in [0, 0.05) is 17.7 Å². The summed E-state index contributed by atoms with van der Waals surface area (Å²) in [7, 11) is 4.13. The molecule has 0 aliphatic rings. The molecule has 1 amide bonds. The summed E-state index contributed by atoms with van der Waals surface area (Å²) in [4.78, 5) is 24.1. The van der Waals surface area contributed by atoms with Crippen LogP contribution in [0.4, 0.5) is 0 Å². The van der Waals surface area contributed by atoms with E-state index in [1.807, 2.05) is 30.3 Å². The second-order valence-electron chi connectivity index (χ2n) is 6.23. The molecule has 3 aromatic rings. The van der Waals surface area contributed by atoms with E-state index in [9.17, 15) is 14.7 Å². The van der Waals surface area contributed by atoms with Crippen LogP contribution in [-0.4, -0.2) is 59.2 Å². The molecule has 0 aliphatic heterocycles. The maximum absolute atomic E-state index is 12.4. The van der Waals surface area contributed by atoms with Gasteiger partial charge >= 0.3 is 0 Å². The van der Waals surface area contributed by atoms with Crippen molar-refractivity contribution >= 4 is 23.6 Å². The standard InChI is InChI=1S/C20H21N5O6S/c1-29-15-9-13(19(27)28)14(17(30-2)18(15)31-3)10-21-16(26)11-32-20-22-23-24-25(20)12-7-5-4-6-8-12/h4-9H,10-11H2,1-3H3,(H,21,26)(H,27,28)/p-1. The zero-order valence-corrected chi connectivity index (χ0v) is 18.3. The molecular weight excluding hydrogens is 438 g/mol. The van der Waals surface area contributed by atoms with E-state index in [2.05, 4.69) is 20.8 Å². The van der Waals surface area contributed by atoms with Crippen LogP contribution >= 0.6 is 11.8 Å². The average molecular weight is 458 g/mol. The summed E-state index contributed by atoms with van der Waals surface area (Å²) in [5.74, 6) is -1.29. The molecule has 0 saturated carbocycles. The Hall–Kier alpha value is -3.80. The number of carbonyl (C=O) groups is 2. The predicted octanol–water partition coefficient (Wildman–Crippen LogP) is 0.460. The Balaban J connectivity index is 1.73. The number of aromatic carboxylic acids is 1. The van der Waals surface area contributed by atoms with Crippen molar-refractivity contribution in [2.24, 2.45) is 0 Å². The number of hydrogen-bond acceptors (Lipinski definition) is 10. The van der Waals surface area contributed by atoms with Gasteiger partial charge in [0.1, 0.15) is 0 Å². The number of methoxy groups -OCH3 is 3. The van der Waals surface area contributed by atoms with Crippen molar-refractivity contribution < 1.29 is 28.9 Å². The highest BCUT2D eigenvalue weighted by Gasteiger charge is 2.22. The number of carboxylic acids is 1. The van der Waals surface area contributed by atoms with Crippen molar-refractivity contribution in [3.05, 3.63) is 47.5 Å². The van der Waals surface area contributed by atoms with E-state index in [1.54, 1.807) is 0 Å². The highest BCUT2D eigenvalue weighted by Crippen LogP contribution is 2.41. The smallest absolute Gasteiger partial charge is 0.230 e. The summed E-state index contributed by atoms with van der Waals surface area (Å²) in [6, 6.07) is 10.5. The number of thioether (sulfide) groups is 1. The topological polar surface area (TPSA) is 141 Å². The van der Waals surface area contributed by atoms with Gasteiger partial charge in [0.15, 0.2) is 11.5 Å². The molecule has 32 heavy (non-hydrogen) atoms. The van der Waals surface area contributed by atoms with Crippen molar-refractivity contribution in [3.8, 4) is 22.9 Å². The van der Waals surface area contributed by atoms with Crippen LogP contribution in [0.5, 0.6) is 17.2 Å². The molecule has 0 aliphatic carbocycles. The molecule has 0 spiro atoms. The highest BCUT2D eigenvalue weighted by molar-refractivity contribution is 7.99. The number of carboxylic acid groups (broad SMARTS) is 1. The Morgan fingerprint density at radius 3 is 2.44 bits per heavy atom. The third kappa shape index (κ3) is 4.91. The molecule has 1 N–H and O–H groups in total. The number of amides is 1. The van der Waals surface area contributed by atoms with Gasteiger partial charge in [0.2, 0.25) is 16.8 Å². The Morgan fingerprint density at radius 1 is 1.09 bits per heavy atom. The highest BCUT2D eigenvalue weighted by atomic mass is 32.2. The van der Waals surface area contributed by atoms with Gasteiger partial charge in [-0.25, -0.2) is 0 Å². The second-order valence-corrected chi connectivity index (χ2v) is 7.18. The first-order chi connectivity index (χ1) is 15.5. The lowest BCUT2D eigenvalue weighted by molar-refractivity contribution is -0.255. The number of carbonyl (C=O) groups excluding carboxylic acids is 2. The zero-order chi connectivity index (χ0) is 23.1. The Bertz CT molecular complexity index is 1110. The van der Waals surface area contributed by atoms with Crippen molar-refractivity contribution in [1.29, 1.82) is 0 Å². The molecule has 11 nitrogen and oxygen atoms in total. The van der Waals surface area contributed by atoms with E-state index >= 15 is 0 Å². The molecular formula is C20H20N5O6S-. The largest absolute Gasteiger partial charge is 0.545 e. The first-order valence-electron chi connectivity index (χ1n) is 9.26. The summed E-state index contributed by atoms with van der Waals surface area (Å²) in [6.07, 6.45) is 0. The van der Waals surface area contributed by atoms with Gasteiger partial charge in [-0.05, 0) is 28.6 Å². The molecule has 1 aromatic heterocycles. The lowest BCUT2D eigenvalue weighted by Gasteiger charge is -2.20. The molecule has 1 heterocycles. The van der Waals surface area contributed by atoms with Crippen LogP contribution in [0, 0.1) is 0 Å². The van der Waals surface area contributed by atoms with Crippen LogP contribution in [0.3, 0.4) is 0 Å². The average Bonchev–Trinajstić information content (AvgIpc) is 3.29. The number of rotatable bonds is 10. The molecule has 3 rings (SSSR count). The maximum Gasteiger partial charge on any atom is 0.230 e. The van der Waals surface area contributed by atoms with Crippen molar-refractivity contribution in [2.45, 2.75) is 11.7 Å². The number of nitrogens with one attached hydrogen (secondary N) is 1. The van der Waals surface area contributed by atoms with Crippen LogP contribution in [0.1, 0.15) is 15.9 Å². The summed E-state index contributed by atoms with van der Waals surface area (Å²) in [5.41, 5.74) is 0.771. The molecule has 168 valence electrons. The number of hydrogen-bond donors (Lipinski definition) is 1. The Labute approximate surface area is 187 Å². The number of benzene rings is 2. The molecule has 0 unspecified atom stereocenters. The number of tetrazole rings is 1. The molecule has 0 saturated heterocycles. The Morgan fingerprint density at radius 2 is 1.81 bits per heavy atom. The van der Waals surface area contributed by atoms with E-state index < -0.39 is 5.97 Å². The van der Waals surface area contributed by atoms with Crippen LogP contribution in [0.15, 0.2) is 41.6 Å². The summed E-state index contributed by atoms with van der Waals surface area (Å²) in [6.45, 7) is -0.129.